The van der Waals surface area contributed by atoms with Crippen molar-refractivity contribution in [1.82, 2.24) is 29.6 Å². The second-order valence-corrected chi connectivity index (χ2v) is 7.74. The number of nitrogens with zero attached hydrogens (tertiary/aromatic N) is 7. The largest absolute Gasteiger partial charge is 0.353 e. The third-order valence-corrected chi connectivity index (χ3v) is 5.66. The zero-order valence-corrected chi connectivity index (χ0v) is 16.0. The van der Waals surface area contributed by atoms with Crippen molar-refractivity contribution >= 4 is 44.1 Å². The van der Waals surface area contributed by atoms with Gasteiger partial charge in [0.15, 0.2) is 5.65 Å². The molecule has 1 fully saturated rings. The molecule has 0 N–H and O–H groups in total. The molecule has 1 aliphatic rings. The highest BCUT2D eigenvalue weighted by atomic mass is 79.9. The minimum absolute atomic E-state index is 0.802. The van der Waals surface area contributed by atoms with Crippen molar-refractivity contribution in [3.05, 3.63) is 27.0 Å². The van der Waals surface area contributed by atoms with Crippen LogP contribution in [-0.4, -0.2) is 55.8 Å². The van der Waals surface area contributed by atoms with Crippen LogP contribution in [0.15, 0.2) is 16.3 Å². The van der Waals surface area contributed by atoms with Gasteiger partial charge in [0.25, 0.3) is 0 Å². The van der Waals surface area contributed by atoms with Crippen molar-refractivity contribution in [2.45, 2.75) is 13.5 Å². The van der Waals surface area contributed by atoms with Gasteiger partial charge < -0.3 is 4.90 Å². The van der Waals surface area contributed by atoms with Gasteiger partial charge in [-0.15, -0.1) is 11.3 Å². The minimum atomic E-state index is 0.802. The summed E-state index contributed by atoms with van der Waals surface area (Å²) in [5.74, 6) is 0.962. The van der Waals surface area contributed by atoms with E-state index < -0.39 is 0 Å². The van der Waals surface area contributed by atoms with Gasteiger partial charge in [-0.25, -0.2) is 19.6 Å². The van der Waals surface area contributed by atoms with E-state index in [0.29, 0.717) is 0 Å². The van der Waals surface area contributed by atoms with E-state index in [1.54, 1.807) is 22.3 Å². The summed E-state index contributed by atoms with van der Waals surface area (Å²) >= 11 is 5.25. The molecule has 24 heavy (non-hydrogen) atoms. The lowest BCUT2D eigenvalue weighted by atomic mass is 10.2. The molecule has 0 radical (unpaired) electrons. The van der Waals surface area contributed by atoms with Crippen LogP contribution < -0.4 is 4.90 Å². The van der Waals surface area contributed by atoms with E-state index in [4.69, 9.17) is 0 Å². The molecule has 0 aliphatic carbocycles. The van der Waals surface area contributed by atoms with Crippen molar-refractivity contribution in [2.75, 3.05) is 31.1 Å². The molecule has 1 saturated heterocycles. The summed E-state index contributed by atoms with van der Waals surface area (Å²) in [7, 11) is 1.90. The van der Waals surface area contributed by atoms with Crippen LogP contribution in [0.2, 0.25) is 0 Å². The predicted octanol–water partition coefficient (Wildman–Crippen LogP) is 2.21. The van der Waals surface area contributed by atoms with Gasteiger partial charge in [-0.1, -0.05) is 0 Å². The number of aromatic nitrogens is 5. The van der Waals surface area contributed by atoms with Crippen molar-refractivity contribution in [3.63, 3.8) is 0 Å². The van der Waals surface area contributed by atoms with Crippen molar-refractivity contribution < 1.29 is 0 Å². The maximum absolute atomic E-state index is 4.56. The van der Waals surface area contributed by atoms with Gasteiger partial charge in [0.2, 0.25) is 0 Å². The van der Waals surface area contributed by atoms with Gasteiger partial charge in [0, 0.05) is 45.2 Å². The number of thiazole rings is 1. The van der Waals surface area contributed by atoms with Crippen LogP contribution in [0.4, 0.5) is 5.82 Å². The summed E-state index contributed by atoms with van der Waals surface area (Å²) in [6.45, 7) is 6.86. The molecule has 4 rings (SSSR count). The monoisotopic (exact) mass is 407 g/mol. The summed E-state index contributed by atoms with van der Waals surface area (Å²) < 4.78 is 2.58. The van der Waals surface area contributed by atoms with E-state index in [9.17, 15) is 0 Å². The van der Waals surface area contributed by atoms with Crippen molar-refractivity contribution in [2.24, 2.45) is 7.05 Å². The van der Waals surface area contributed by atoms with E-state index in [2.05, 4.69) is 58.1 Å². The molecule has 0 amide bonds. The summed E-state index contributed by atoms with van der Waals surface area (Å²) in [6.07, 6.45) is 1.62. The molecular formula is C15H18BrN7S. The number of aryl methyl sites for hydroxylation is 2. The number of anilines is 1. The fourth-order valence-electron chi connectivity index (χ4n) is 3.09. The second-order valence-electron chi connectivity index (χ2n) is 5.93. The summed E-state index contributed by atoms with van der Waals surface area (Å²) in [4.78, 5) is 18.2. The molecule has 0 bridgehead atoms. The van der Waals surface area contributed by atoms with Crippen LogP contribution in [0.1, 0.15) is 10.7 Å². The first-order chi connectivity index (χ1) is 11.6. The molecular weight excluding hydrogens is 390 g/mol. The Morgan fingerprint density at radius 1 is 1.21 bits per heavy atom. The summed E-state index contributed by atoms with van der Waals surface area (Å²) in [6, 6.07) is 0. The highest BCUT2D eigenvalue weighted by Crippen LogP contribution is 2.30. The number of rotatable bonds is 3. The molecule has 1 aliphatic heterocycles. The molecule has 0 spiro atoms. The zero-order valence-electron chi connectivity index (χ0n) is 13.6. The number of piperazine rings is 1. The van der Waals surface area contributed by atoms with E-state index in [0.717, 1.165) is 59.2 Å². The lowest BCUT2D eigenvalue weighted by Crippen LogP contribution is -2.46. The highest BCUT2D eigenvalue weighted by Gasteiger charge is 2.23. The molecule has 7 nitrogen and oxygen atoms in total. The topological polar surface area (TPSA) is 63.0 Å². The average molecular weight is 408 g/mol. The molecule has 0 unspecified atom stereocenters. The summed E-state index contributed by atoms with van der Waals surface area (Å²) in [5, 5.41) is 8.68. The third-order valence-electron chi connectivity index (χ3n) is 4.28. The lowest BCUT2D eigenvalue weighted by Gasteiger charge is -2.35. The fourth-order valence-corrected chi connectivity index (χ4v) is 4.29. The van der Waals surface area contributed by atoms with Crippen LogP contribution in [0.5, 0.6) is 0 Å². The summed E-state index contributed by atoms with van der Waals surface area (Å²) in [5.41, 5.74) is 2.03. The molecule has 0 saturated carbocycles. The standard InChI is InChI=1S/C15H18BrN7S/c1-10-19-11(8-24-10)7-22-3-5-23(6-4-22)15-12-13(16)20-21(2)14(12)17-9-18-15/h8-9H,3-7H2,1-2H3. The molecule has 126 valence electrons. The second kappa shape index (κ2) is 6.38. The minimum Gasteiger partial charge on any atom is -0.353 e. The number of hydrogen-bond acceptors (Lipinski definition) is 7. The molecule has 9 heteroatoms. The first kappa shape index (κ1) is 15.9. The fraction of sp³-hybridized carbons (Fsp3) is 0.467. The van der Waals surface area contributed by atoms with E-state index >= 15 is 0 Å². The Hall–Kier alpha value is -1.58. The SMILES string of the molecule is Cc1nc(CN2CCN(c3ncnc4c3c(Br)nn4C)CC2)cs1. The number of halogens is 1. The lowest BCUT2D eigenvalue weighted by molar-refractivity contribution is 0.247. The third kappa shape index (κ3) is 2.91. The number of hydrogen-bond donors (Lipinski definition) is 0. The van der Waals surface area contributed by atoms with Crippen LogP contribution in [0.3, 0.4) is 0 Å². The average Bonchev–Trinajstić information content (AvgIpc) is 3.12. The zero-order chi connectivity index (χ0) is 16.7. The number of fused-ring (bicyclic) bond motifs is 1. The van der Waals surface area contributed by atoms with Gasteiger partial charge >= 0.3 is 0 Å². The highest BCUT2D eigenvalue weighted by molar-refractivity contribution is 9.10. The molecule has 0 aromatic carbocycles. The quantitative estimate of drug-likeness (QED) is 0.662. The van der Waals surface area contributed by atoms with Gasteiger partial charge in [0.1, 0.15) is 16.7 Å². The molecule has 4 heterocycles. The molecule has 3 aromatic heterocycles. The Morgan fingerprint density at radius 2 is 2.00 bits per heavy atom. The van der Waals surface area contributed by atoms with Gasteiger partial charge in [0.05, 0.1) is 16.1 Å². The van der Waals surface area contributed by atoms with Crippen molar-refractivity contribution in [1.29, 1.82) is 0 Å². The Bertz CT molecular complexity index is 866. The van der Waals surface area contributed by atoms with Gasteiger partial charge in [-0.2, -0.15) is 5.10 Å². The Morgan fingerprint density at radius 3 is 2.71 bits per heavy atom. The Kier molecular flexibility index (Phi) is 4.23. The van der Waals surface area contributed by atoms with Crippen LogP contribution in [0, 0.1) is 6.92 Å². The van der Waals surface area contributed by atoms with E-state index in [1.165, 1.54) is 5.69 Å². The molecule has 3 aromatic rings. The Labute approximate surface area is 152 Å². The first-order valence-electron chi connectivity index (χ1n) is 7.83. The maximum atomic E-state index is 4.56. The normalized spacial score (nSPS) is 16.2. The molecule has 0 atom stereocenters. The van der Waals surface area contributed by atoms with Gasteiger partial charge in [-0.3, -0.25) is 4.90 Å². The van der Waals surface area contributed by atoms with E-state index in [-0.39, 0.29) is 0 Å². The van der Waals surface area contributed by atoms with E-state index in [1.807, 2.05) is 7.05 Å². The predicted molar refractivity (Wildman–Crippen MR) is 98.3 cm³/mol. The maximum Gasteiger partial charge on any atom is 0.164 e. The first-order valence-corrected chi connectivity index (χ1v) is 9.50. The Balaban J connectivity index is 1.50. The van der Waals surface area contributed by atoms with Crippen LogP contribution in [0.25, 0.3) is 11.0 Å². The van der Waals surface area contributed by atoms with Crippen LogP contribution in [-0.2, 0) is 13.6 Å². The van der Waals surface area contributed by atoms with Crippen molar-refractivity contribution in [3.8, 4) is 0 Å². The van der Waals surface area contributed by atoms with Gasteiger partial charge in [-0.05, 0) is 22.9 Å². The smallest absolute Gasteiger partial charge is 0.164 e. The van der Waals surface area contributed by atoms with Crippen LogP contribution >= 0.6 is 27.3 Å².